The summed E-state index contributed by atoms with van der Waals surface area (Å²) in [6, 6.07) is 9.67. The highest BCUT2D eigenvalue weighted by Crippen LogP contribution is 2.23. The van der Waals surface area contributed by atoms with Gasteiger partial charge in [-0.1, -0.05) is 30.3 Å². The van der Waals surface area contributed by atoms with Crippen LogP contribution in [0.5, 0.6) is 0 Å². The van der Waals surface area contributed by atoms with Gasteiger partial charge in [0.1, 0.15) is 6.61 Å². The molecule has 24 heavy (non-hydrogen) atoms. The Labute approximate surface area is 142 Å². The molecule has 3 amide bonds. The summed E-state index contributed by atoms with van der Waals surface area (Å²) in [6.07, 6.45) is 1.50. The van der Waals surface area contributed by atoms with Crippen molar-refractivity contribution in [2.24, 2.45) is 0 Å². The smallest absolute Gasteiger partial charge is 0.410 e. The van der Waals surface area contributed by atoms with Crippen LogP contribution in [0.25, 0.3) is 0 Å². The molecule has 2 aliphatic rings. The van der Waals surface area contributed by atoms with E-state index in [4.69, 9.17) is 4.74 Å². The quantitative estimate of drug-likeness (QED) is 0.926. The van der Waals surface area contributed by atoms with Crippen molar-refractivity contribution < 1.29 is 14.3 Å². The van der Waals surface area contributed by atoms with Crippen molar-refractivity contribution in [1.29, 1.82) is 0 Å². The Morgan fingerprint density at radius 3 is 2.75 bits per heavy atom. The summed E-state index contributed by atoms with van der Waals surface area (Å²) < 4.78 is 5.41. The average Bonchev–Trinajstić information content (AvgIpc) is 2.86. The van der Waals surface area contributed by atoms with Gasteiger partial charge in [0, 0.05) is 19.6 Å². The molecule has 0 radical (unpaired) electrons. The van der Waals surface area contributed by atoms with Crippen LogP contribution in [0.4, 0.5) is 9.59 Å². The summed E-state index contributed by atoms with van der Waals surface area (Å²) in [6.45, 7) is 6.20. The van der Waals surface area contributed by atoms with Crippen LogP contribution in [-0.2, 0) is 11.3 Å². The van der Waals surface area contributed by atoms with Gasteiger partial charge in [-0.15, -0.1) is 0 Å². The predicted molar refractivity (Wildman–Crippen MR) is 90.5 cm³/mol. The van der Waals surface area contributed by atoms with Crippen LogP contribution in [0.15, 0.2) is 30.3 Å². The summed E-state index contributed by atoms with van der Waals surface area (Å²) in [5, 5.41) is 2.98. The summed E-state index contributed by atoms with van der Waals surface area (Å²) in [5.74, 6) is 0. The molecule has 3 rings (SSSR count). The molecule has 0 bridgehead atoms. The zero-order chi connectivity index (χ0) is 17.2. The second-order valence-electron chi connectivity index (χ2n) is 7.22. The van der Waals surface area contributed by atoms with E-state index in [1.165, 1.54) is 0 Å². The largest absolute Gasteiger partial charge is 0.445 e. The van der Waals surface area contributed by atoms with E-state index in [9.17, 15) is 9.59 Å². The lowest BCUT2D eigenvalue weighted by atomic mass is 10.0. The van der Waals surface area contributed by atoms with Gasteiger partial charge in [0.15, 0.2) is 0 Å². The van der Waals surface area contributed by atoms with Crippen molar-refractivity contribution in [2.45, 2.75) is 44.9 Å². The number of rotatable bonds is 3. The molecule has 2 heterocycles. The highest BCUT2D eigenvalue weighted by atomic mass is 16.6. The van der Waals surface area contributed by atoms with E-state index in [-0.39, 0.29) is 30.3 Å². The Morgan fingerprint density at radius 1 is 1.33 bits per heavy atom. The Morgan fingerprint density at radius 2 is 2.08 bits per heavy atom. The minimum absolute atomic E-state index is 0.0375. The monoisotopic (exact) mass is 331 g/mol. The molecular weight excluding hydrogens is 306 g/mol. The van der Waals surface area contributed by atoms with E-state index in [0.29, 0.717) is 19.6 Å². The number of hydrogen-bond donors (Lipinski definition) is 1. The molecule has 1 N–H and O–H groups in total. The van der Waals surface area contributed by atoms with Gasteiger partial charge in [0.25, 0.3) is 0 Å². The molecule has 0 unspecified atom stereocenters. The van der Waals surface area contributed by atoms with Crippen molar-refractivity contribution in [1.82, 2.24) is 15.1 Å². The zero-order valence-corrected chi connectivity index (χ0v) is 14.3. The Hall–Kier alpha value is -2.24. The normalized spacial score (nSPS) is 23.1. The first-order chi connectivity index (χ1) is 11.4. The maximum absolute atomic E-state index is 12.3. The maximum Gasteiger partial charge on any atom is 0.410 e. The molecule has 1 aromatic rings. The van der Waals surface area contributed by atoms with E-state index < -0.39 is 0 Å². The summed E-state index contributed by atoms with van der Waals surface area (Å²) >= 11 is 0. The Kier molecular flexibility index (Phi) is 4.64. The van der Waals surface area contributed by atoms with Gasteiger partial charge >= 0.3 is 12.1 Å². The van der Waals surface area contributed by atoms with Crippen LogP contribution in [0.1, 0.15) is 32.3 Å². The van der Waals surface area contributed by atoms with Crippen LogP contribution in [-0.4, -0.2) is 53.1 Å². The van der Waals surface area contributed by atoms with Crippen molar-refractivity contribution in [3.05, 3.63) is 35.9 Å². The van der Waals surface area contributed by atoms with E-state index in [2.05, 4.69) is 5.32 Å². The third-order valence-electron chi connectivity index (χ3n) is 4.57. The van der Waals surface area contributed by atoms with Gasteiger partial charge in [0.05, 0.1) is 11.6 Å². The SMILES string of the molecule is CC1(C)CN([C@H]2CCCN(C(=O)OCc3ccccc3)C2)C(=O)N1. The molecule has 1 atom stereocenters. The number of nitrogens with one attached hydrogen (secondary N) is 1. The average molecular weight is 331 g/mol. The molecule has 6 nitrogen and oxygen atoms in total. The molecule has 0 aliphatic carbocycles. The number of carbonyl (C=O) groups excluding carboxylic acids is 2. The molecule has 0 aromatic heterocycles. The van der Waals surface area contributed by atoms with Crippen molar-refractivity contribution >= 4 is 12.1 Å². The van der Waals surface area contributed by atoms with Crippen LogP contribution in [0.3, 0.4) is 0 Å². The van der Waals surface area contributed by atoms with Gasteiger partial charge < -0.3 is 19.9 Å². The van der Waals surface area contributed by atoms with Gasteiger partial charge in [-0.25, -0.2) is 9.59 Å². The first-order valence-corrected chi connectivity index (χ1v) is 8.49. The fourth-order valence-corrected chi connectivity index (χ4v) is 3.38. The minimum Gasteiger partial charge on any atom is -0.445 e. The van der Waals surface area contributed by atoms with Gasteiger partial charge in [0.2, 0.25) is 0 Å². The fourth-order valence-electron chi connectivity index (χ4n) is 3.38. The Balaban J connectivity index is 1.55. The summed E-state index contributed by atoms with van der Waals surface area (Å²) in [5.41, 5.74) is 0.757. The van der Waals surface area contributed by atoms with Crippen molar-refractivity contribution in [3.8, 4) is 0 Å². The molecule has 2 saturated heterocycles. The van der Waals surface area contributed by atoms with Gasteiger partial charge in [-0.3, -0.25) is 0 Å². The lowest BCUT2D eigenvalue weighted by molar-refractivity contribution is 0.0702. The molecule has 130 valence electrons. The third-order valence-corrected chi connectivity index (χ3v) is 4.57. The van der Waals surface area contributed by atoms with E-state index in [1.807, 2.05) is 49.1 Å². The van der Waals surface area contributed by atoms with Crippen LogP contribution < -0.4 is 5.32 Å². The van der Waals surface area contributed by atoms with Gasteiger partial charge in [-0.2, -0.15) is 0 Å². The van der Waals surface area contributed by atoms with E-state index in [0.717, 1.165) is 18.4 Å². The third kappa shape index (κ3) is 3.80. The fraction of sp³-hybridized carbons (Fsp3) is 0.556. The molecule has 6 heteroatoms. The van der Waals surface area contributed by atoms with Crippen molar-refractivity contribution in [3.63, 3.8) is 0 Å². The number of nitrogens with zero attached hydrogens (tertiary/aromatic N) is 2. The predicted octanol–water partition coefficient (Wildman–Crippen LogP) is 2.59. The first-order valence-electron chi connectivity index (χ1n) is 8.49. The second-order valence-corrected chi connectivity index (χ2v) is 7.22. The van der Waals surface area contributed by atoms with Crippen LogP contribution in [0, 0.1) is 0 Å². The molecule has 0 saturated carbocycles. The zero-order valence-electron chi connectivity index (χ0n) is 14.3. The number of urea groups is 1. The number of likely N-dealkylation sites (tertiary alicyclic amines) is 1. The van der Waals surface area contributed by atoms with E-state index >= 15 is 0 Å². The summed E-state index contributed by atoms with van der Waals surface area (Å²) in [7, 11) is 0. The highest BCUT2D eigenvalue weighted by molar-refractivity contribution is 5.78. The lowest BCUT2D eigenvalue weighted by Crippen LogP contribution is -2.50. The number of benzene rings is 1. The topological polar surface area (TPSA) is 61.9 Å². The lowest BCUT2D eigenvalue weighted by Gasteiger charge is -2.36. The molecule has 1 aromatic carbocycles. The number of piperidine rings is 1. The first kappa shape index (κ1) is 16.6. The molecular formula is C18H25N3O3. The molecule has 2 aliphatic heterocycles. The van der Waals surface area contributed by atoms with Crippen LogP contribution in [0.2, 0.25) is 0 Å². The Bertz CT molecular complexity index is 603. The van der Waals surface area contributed by atoms with Crippen molar-refractivity contribution in [2.75, 3.05) is 19.6 Å². The number of hydrogen-bond acceptors (Lipinski definition) is 3. The highest BCUT2D eigenvalue weighted by Gasteiger charge is 2.40. The maximum atomic E-state index is 12.3. The number of ether oxygens (including phenoxy) is 1. The molecule has 0 spiro atoms. The second kappa shape index (κ2) is 6.71. The summed E-state index contributed by atoms with van der Waals surface area (Å²) in [4.78, 5) is 28.1. The minimum atomic E-state index is -0.303. The van der Waals surface area contributed by atoms with Crippen LogP contribution >= 0.6 is 0 Å². The number of carbonyl (C=O) groups is 2. The number of amides is 3. The van der Waals surface area contributed by atoms with E-state index in [1.54, 1.807) is 4.90 Å². The standard InChI is InChI=1S/C18H25N3O3/c1-18(2)13-21(16(22)19-18)15-9-6-10-20(11-15)17(23)24-12-14-7-4-3-5-8-14/h3-5,7-8,15H,6,9-13H2,1-2H3,(H,19,22)/t15-/m0/s1. The van der Waals surface area contributed by atoms with Gasteiger partial charge in [-0.05, 0) is 32.3 Å². The molecule has 2 fully saturated rings.